The van der Waals surface area contributed by atoms with Gasteiger partial charge < -0.3 is 9.47 Å². The van der Waals surface area contributed by atoms with E-state index in [0.717, 1.165) is 28.2 Å². The first kappa shape index (κ1) is 44.1. The molecule has 0 spiro atoms. The third kappa shape index (κ3) is 8.56. The second-order valence-corrected chi connectivity index (χ2v) is 21.6. The summed E-state index contributed by atoms with van der Waals surface area (Å²) in [5.41, 5.74) is 16.8. The Kier molecular flexibility index (Phi) is 13.5. The summed E-state index contributed by atoms with van der Waals surface area (Å²) in [5, 5.41) is 2.40. The molecule has 0 unspecified atom stereocenters. The number of para-hydroxylation sites is 1. The largest absolute Gasteiger partial charge is 0.344 e. The fourth-order valence-electron chi connectivity index (χ4n) is 8.99. The van der Waals surface area contributed by atoms with E-state index >= 15 is 0 Å². The average molecular weight is 811 g/mol. The monoisotopic (exact) mass is 810 g/mol. The summed E-state index contributed by atoms with van der Waals surface area (Å²) in [4.78, 5) is 4.00. The van der Waals surface area contributed by atoms with Crippen LogP contribution in [0, 0.1) is 6.92 Å². The Hall–Kier alpha value is -5.51. The van der Waals surface area contributed by atoms with Gasteiger partial charge in [-0.2, -0.15) is 0 Å². The molecule has 0 saturated heterocycles. The third-order valence-electron chi connectivity index (χ3n) is 12.4. The predicted octanol–water partition coefficient (Wildman–Crippen LogP) is 16.6. The van der Waals surface area contributed by atoms with Gasteiger partial charge in [-0.3, -0.25) is 0 Å². The van der Waals surface area contributed by atoms with E-state index in [1.807, 2.05) is 30.4 Å². The zero-order valence-corrected chi connectivity index (χ0v) is 38.6. The Morgan fingerprint density at radius 2 is 1.55 bits per heavy atom. The van der Waals surface area contributed by atoms with Gasteiger partial charge in [0.2, 0.25) is 0 Å². The van der Waals surface area contributed by atoms with Gasteiger partial charge in [-0.05, 0) is 134 Å². The van der Waals surface area contributed by atoms with Crippen LogP contribution >= 0.6 is 10.0 Å². The minimum atomic E-state index is -0.441. The van der Waals surface area contributed by atoms with Crippen LogP contribution in [0.1, 0.15) is 87.6 Å². The van der Waals surface area contributed by atoms with Crippen molar-refractivity contribution in [2.24, 2.45) is 7.05 Å². The van der Waals surface area contributed by atoms with Gasteiger partial charge >= 0.3 is 0 Å². The summed E-state index contributed by atoms with van der Waals surface area (Å²) < 4.78 is 2.27. The molecule has 3 aliphatic rings. The van der Waals surface area contributed by atoms with E-state index in [2.05, 4.69) is 193 Å². The molecule has 60 heavy (non-hydrogen) atoms. The number of anilines is 2. The van der Waals surface area contributed by atoms with Crippen molar-refractivity contribution in [2.75, 3.05) is 23.7 Å². The van der Waals surface area contributed by atoms with Crippen molar-refractivity contribution in [1.29, 1.82) is 0 Å². The molecule has 0 bridgehead atoms. The Morgan fingerprint density at radius 3 is 2.13 bits per heavy atom. The minimum absolute atomic E-state index is 0.184. The lowest BCUT2D eigenvalue weighted by Gasteiger charge is -2.32. The molecular formula is C57H66N2S. The standard InChI is InChI=1S/C39H36N2.C11H20S.C7H10/c1-9-16-26(10-2)41(35-20-15-19-34-38(35)30-17-13-14-18-33(30)40(34)8)36-24-32-37(28(12-4)27(36)11-3)29-22-21-25(5)23-31(29)39(32,6)7;1-5-10-6-8-11(9-7-10)12(2,3)4;1-7-5-3-2-4-6-7/h9-24H,1-4H2,5-8H3;6,8H,5,7,9H2,1-4H3;3,5-6H,2,4H2,1H3/b26-16+;;. The van der Waals surface area contributed by atoms with Crippen LogP contribution in [-0.2, 0) is 12.5 Å². The van der Waals surface area contributed by atoms with E-state index in [4.69, 9.17) is 0 Å². The van der Waals surface area contributed by atoms with Crippen molar-refractivity contribution in [3.63, 3.8) is 0 Å². The highest BCUT2D eigenvalue weighted by atomic mass is 32.3. The maximum absolute atomic E-state index is 4.31. The predicted molar refractivity (Wildman–Crippen MR) is 273 cm³/mol. The molecule has 3 heteroatoms. The summed E-state index contributed by atoms with van der Waals surface area (Å²) in [6.45, 7) is 28.1. The Balaban J connectivity index is 0.000000260. The van der Waals surface area contributed by atoms with Crippen LogP contribution < -0.4 is 4.90 Å². The summed E-state index contributed by atoms with van der Waals surface area (Å²) in [6, 6.07) is 24.3. The normalized spacial score (nSPS) is 15.6. The van der Waals surface area contributed by atoms with Gasteiger partial charge in [0.05, 0.1) is 16.9 Å². The first-order valence-corrected chi connectivity index (χ1v) is 24.3. The molecular weight excluding hydrogens is 745 g/mol. The molecule has 3 aliphatic carbocycles. The Bertz CT molecular complexity index is 2640. The highest BCUT2D eigenvalue weighted by molar-refractivity contribution is 8.35. The number of rotatable bonds is 9. The van der Waals surface area contributed by atoms with Crippen LogP contribution in [-0.4, -0.2) is 23.3 Å². The summed E-state index contributed by atoms with van der Waals surface area (Å²) >= 11 is 0. The van der Waals surface area contributed by atoms with Crippen LogP contribution in [0.5, 0.6) is 0 Å². The SMILES string of the molecule is C=C/C=C(\C=C)N(c1cc2c(c(C=C)c1C=C)-c1ccc(C)cc1C2(C)C)c1cccc2c1c1ccccc1n2C.CC1=CCCC=C1.CCC1=CC=C(S(C)(C)C)CC1. The van der Waals surface area contributed by atoms with Crippen LogP contribution in [0.15, 0.2) is 163 Å². The van der Waals surface area contributed by atoms with Crippen LogP contribution in [0.4, 0.5) is 11.4 Å². The van der Waals surface area contributed by atoms with Crippen molar-refractivity contribution < 1.29 is 0 Å². The van der Waals surface area contributed by atoms with Gasteiger partial charge in [0.25, 0.3) is 0 Å². The van der Waals surface area contributed by atoms with E-state index in [-0.39, 0.29) is 5.41 Å². The highest BCUT2D eigenvalue weighted by Gasteiger charge is 2.39. The van der Waals surface area contributed by atoms with Gasteiger partial charge in [-0.25, -0.2) is 10.0 Å². The quantitative estimate of drug-likeness (QED) is 0.135. The number of aromatic nitrogens is 1. The molecule has 0 amide bonds. The molecule has 0 saturated carbocycles. The van der Waals surface area contributed by atoms with Crippen molar-refractivity contribution in [1.82, 2.24) is 4.57 Å². The fourth-order valence-corrected chi connectivity index (χ4v) is 10.2. The summed E-state index contributed by atoms with van der Waals surface area (Å²) in [5.74, 6) is 0. The average Bonchev–Trinajstić information content (AvgIpc) is 3.66. The van der Waals surface area contributed by atoms with Gasteiger partial charge in [0, 0.05) is 40.0 Å². The third-order valence-corrected chi connectivity index (χ3v) is 14.3. The van der Waals surface area contributed by atoms with Crippen molar-refractivity contribution >= 4 is 55.4 Å². The first-order chi connectivity index (χ1) is 28.7. The number of hydrogen-bond acceptors (Lipinski definition) is 1. The summed E-state index contributed by atoms with van der Waals surface area (Å²) in [6.07, 6.45) is 34.5. The van der Waals surface area contributed by atoms with Crippen molar-refractivity contribution in [3.8, 4) is 11.1 Å². The van der Waals surface area contributed by atoms with Crippen LogP contribution in [0.3, 0.4) is 0 Å². The van der Waals surface area contributed by atoms with Gasteiger partial charge in [0.15, 0.2) is 0 Å². The van der Waals surface area contributed by atoms with Gasteiger partial charge in [-0.1, -0.05) is 155 Å². The molecule has 0 radical (unpaired) electrons. The van der Waals surface area contributed by atoms with E-state index in [1.54, 1.807) is 10.5 Å². The number of aryl methyl sites for hydroxylation is 2. The zero-order valence-electron chi connectivity index (χ0n) is 37.8. The Labute approximate surface area is 363 Å². The van der Waals surface area contributed by atoms with E-state index < -0.39 is 10.0 Å². The van der Waals surface area contributed by atoms with E-state index in [0.29, 0.717) is 0 Å². The molecule has 1 aromatic heterocycles. The van der Waals surface area contributed by atoms with Gasteiger partial charge in [0.1, 0.15) is 0 Å². The number of fused-ring (bicyclic) bond motifs is 6. The smallest absolute Gasteiger partial charge is 0.0562 e. The topological polar surface area (TPSA) is 8.17 Å². The maximum atomic E-state index is 4.31. The molecule has 4 aromatic carbocycles. The molecule has 0 aliphatic heterocycles. The Morgan fingerprint density at radius 1 is 0.817 bits per heavy atom. The zero-order chi connectivity index (χ0) is 43.4. The molecule has 0 fully saturated rings. The maximum Gasteiger partial charge on any atom is 0.0562 e. The minimum Gasteiger partial charge on any atom is -0.344 e. The molecule has 0 N–H and O–H groups in total. The first-order valence-electron chi connectivity index (χ1n) is 21.4. The van der Waals surface area contributed by atoms with E-state index in [9.17, 15) is 0 Å². The second kappa shape index (κ2) is 18.4. The van der Waals surface area contributed by atoms with Crippen LogP contribution in [0.25, 0.3) is 45.1 Å². The highest BCUT2D eigenvalue weighted by Crippen LogP contribution is 2.55. The molecule has 8 rings (SSSR count). The summed E-state index contributed by atoms with van der Waals surface area (Å²) in [7, 11) is 1.69. The lowest BCUT2D eigenvalue weighted by Crippen LogP contribution is -2.20. The number of hydrogen-bond donors (Lipinski definition) is 0. The molecule has 0 atom stereocenters. The van der Waals surface area contributed by atoms with Crippen molar-refractivity contribution in [3.05, 3.63) is 191 Å². The number of allylic oxidation sites excluding steroid dienone is 11. The molecule has 5 aromatic rings. The van der Waals surface area contributed by atoms with Crippen LogP contribution in [0.2, 0.25) is 0 Å². The molecule has 310 valence electrons. The van der Waals surface area contributed by atoms with Gasteiger partial charge in [-0.15, -0.1) is 0 Å². The second-order valence-electron chi connectivity index (χ2n) is 17.4. The number of benzene rings is 4. The van der Waals surface area contributed by atoms with Crippen molar-refractivity contribution in [2.45, 2.75) is 72.1 Å². The lowest BCUT2D eigenvalue weighted by atomic mass is 9.80. The number of nitrogens with zero attached hydrogens (tertiary/aromatic N) is 2. The fraction of sp³-hybridized carbons (Fsp3) is 0.263. The van der Waals surface area contributed by atoms with E-state index in [1.165, 1.54) is 87.3 Å². The molecule has 2 nitrogen and oxygen atoms in total. The lowest BCUT2D eigenvalue weighted by molar-refractivity contribution is 0.659. The molecule has 1 heterocycles.